The van der Waals surface area contributed by atoms with Crippen LogP contribution in [-0.2, 0) is 4.74 Å². The molecule has 0 unspecified atom stereocenters. The summed E-state index contributed by atoms with van der Waals surface area (Å²) in [4.78, 5) is 33.4. The second-order valence-corrected chi connectivity index (χ2v) is 7.11. The molecular formula is C22H28N4O3. The van der Waals surface area contributed by atoms with Crippen LogP contribution in [0.1, 0.15) is 40.5 Å². The highest BCUT2D eigenvalue weighted by Gasteiger charge is 2.18. The third kappa shape index (κ3) is 5.32. The minimum atomic E-state index is -0.288. The van der Waals surface area contributed by atoms with Gasteiger partial charge in [0.05, 0.1) is 35.7 Å². The fourth-order valence-corrected chi connectivity index (χ4v) is 3.25. The molecule has 2 amide bonds. The summed E-state index contributed by atoms with van der Waals surface area (Å²) in [5.74, 6) is -0.418. The van der Waals surface area contributed by atoms with E-state index in [2.05, 4.69) is 22.1 Å². The largest absolute Gasteiger partial charge is 0.378 e. The Morgan fingerprint density at radius 2 is 1.90 bits per heavy atom. The predicted octanol–water partition coefficient (Wildman–Crippen LogP) is 3.04. The number of amides is 2. The van der Waals surface area contributed by atoms with Crippen molar-refractivity contribution in [2.75, 3.05) is 50.1 Å². The van der Waals surface area contributed by atoms with Crippen molar-refractivity contribution in [3.63, 3.8) is 0 Å². The first-order chi connectivity index (χ1) is 14.1. The van der Waals surface area contributed by atoms with Gasteiger partial charge < -0.3 is 19.9 Å². The van der Waals surface area contributed by atoms with Crippen LogP contribution < -0.4 is 10.2 Å². The molecule has 0 spiro atoms. The Bertz CT molecular complexity index is 849. The summed E-state index contributed by atoms with van der Waals surface area (Å²) in [5.41, 5.74) is 2.47. The average Bonchev–Trinajstić information content (AvgIpc) is 2.78. The number of carbonyl (C=O) groups is 2. The number of morpholine rings is 1. The van der Waals surface area contributed by atoms with Gasteiger partial charge in [0.2, 0.25) is 0 Å². The van der Waals surface area contributed by atoms with E-state index in [4.69, 9.17) is 4.74 Å². The highest BCUT2D eigenvalue weighted by molar-refractivity contribution is 6.07. The molecule has 0 radical (unpaired) electrons. The maximum Gasteiger partial charge on any atom is 0.257 e. The van der Waals surface area contributed by atoms with Gasteiger partial charge >= 0.3 is 0 Å². The van der Waals surface area contributed by atoms with Crippen LogP contribution in [0.2, 0.25) is 0 Å². The lowest BCUT2D eigenvalue weighted by atomic mass is 10.1. The molecule has 3 rings (SSSR count). The summed E-state index contributed by atoms with van der Waals surface area (Å²) in [6.07, 6.45) is 4.94. The number of rotatable bonds is 7. The summed E-state index contributed by atoms with van der Waals surface area (Å²) >= 11 is 0. The molecule has 0 atom stereocenters. The molecule has 7 nitrogen and oxygen atoms in total. The van der Waals surface area contributed by atoms with Gasteiger partial charge in [0.1, 0.15) is 0 Å². The molecule has 0 bridgehead atoms. The second kappa shape index (κ2) is 10.0. The van der Waals surface area contributed by atoms with Crippen molar-refractivity contribution < 1.29 is 14.3 Å². The van der Waals surface area contributed by atoms with Crippen molar-refractivity contribution in [2.24, 2.45) is 0 Å². The highest BCUT2D eigenvalue weighted by atomic mass is 16.5. The Morgan fingerprint density at radius 1 is 1.17 bits per heavy atom. The van der Waals surface area contributed by atoms with E-state index in [9.17, 15) is 9.59 Å². The summed E-state index contributed by atoms with van der Waals surface area (Å²) in [5, 5.41) is 2.97. The van der Waals surface area contributed by atoms with Crippen LogP contribution in [0.5, 0.6) is 0 Å². The van der Waals surface area contributed by atoms with Gasteiger partial charge in [-0.1, -0.05) is 25.5 Å². The van der Waals surface area contributed by atoms with E-state index in [0.29, 0.717) is 30.9 Å². The number of benzene rings is 1. The third-order valence-corrected chi connectivity index (χ3v) is 4.95. The van der Waals surface area contributed by atoms with Crippen LogP contribution in [0.15, 0.2) is 42.7 Å². The summed E-state index contributed by atoms with van der Waals surface area (Å²) in [7, 11) is 1.77. The van der Waals surface area contributed by atoms with Crippen LogP contribution in [0.3, 0.4) is 0 Å². The van der Waals surface area contributed by atoms with Gasteiger partial charge in [0.25, 0.3) is 11.8 Å². The number of ether oxygens (including phenoxy) is 1. The van der Waals surface area contributed by atoms with Crippen molar-refractivity contribution in [3.8, 4) is 0 Å². The number of aromatic nitrogens is 1. The van der Waals surface area contributed by atoms with E-state index in [1.165, 1.54) is 12.4 Å². The molecule has 0 saturated carbocycles. The van der Waals surface area contributed by atoms with Crippen molar-refractivity contribution in [3.05, 3.63) is 53.9 Å². The van der Waals surface area contributed by atoms with Gasteiger partial charge in [-0.3, -0.25) is 14.6 Å². The molecule has 1 N–H and O–H groups in total. The molecule has 1 fully saturated rings. The molecule has 29 heavy (non-hydrogen) atoms. The van der Waals surface area contributed by atoms with Gasteiger partial charge in [0, 0.05) is 39.1 Å². The average molecular weight is 396 g/mol. The van der Waals surface area contributed by atoms with E-state index in [-0.39, 0.29) is 11.8 Å². The first-order valence-electron chi connectivity index (χ1n) is 10.0. The first-order valence-corrected chi connectivity index (χ1v) is 10.0. The quantitative estimate of drug-likeness (QED) is 0.779. The Kier molecular flexibility index (Phi) is 7.19. The van der Waals surface area contributed by atoms with E-state index in [1.54, 1.807) is 18.0 Å². The minimum absolute atomic E-state index is 0.130. The van der Waals surface area contributed by atoms with E-state index in [1.807, 2.05) is 24.3 Å². The summed E-state index contributed by atoms with van der Waals surface area (Å²) in [6.45, 7) is 5.66. The number of para-hydroxylation sites is 2. The van der Waals surface area contributed by atoms with Crippen LogP contribution in [-0.4, -0.2) is 61.6 Å². The monoisotopic (exact) mass is 396 g/mol. The van der Waals surface area contributed by atoms with E-state index in [0.717, 1.165) is 37.3 Å². The fraction of sp³-hybridized carbons (Fsp3) is 0.409. The van der Waals surface area contributed by atoms with Crippen molar-refractivity contribution in [2.45, 2.75) is 19.8 Å². The van der Waals surface area contributed by atoms with E-state index >= 15 is 0 Å². The zero-order valence-corrected chi connectivity index (χ0v) is 17.1. The lowest BCUT2D eigenvalue weighted by Crippen LogP contribution is -2.36. The number of anilines is 2. The summed E-state index contributed by atoms with van der Waals surface area (Å²) in [6, 6.07) is 9.31. The molecule has 0 aliphatic carbocycles. The number of nitrogens with zero attached hydrogens (tertiary/aromatic N) is 3. The Balaban J connectivity index is 1.74. The maximum absolute atomic E-state index is 12.8. The molecule has 1 saturated heterocycles. The van der Waals surface area contributed by atoms with Crippen molar-refractivity contribution in [1.82, 2.24) is 9.88 Å². The summed E-state index contributed by atoms with van der Waals surface area (Å²) < 4.78 is 5.42. The molecular weight excluding hydrogens is 368 g/mol. The fourth-order valence-electron chi connectivity index (χ4n) is 3.25. The first kappa shape index (κ1) is 20.8. The van der Waals surface area contributed by atoms with Crippen LogP contribution in [0, 0.1) is 0 Å². The molecule has 7 heteroatoms. The van der Waals surface area contributed by atoms with Crippen LogP contribution in [0.4, 0.5) is 11.4 Å². The lowest BCUT2D eigenvalue weighted by molar-refractivity contribution is 0.0793. The van der Waals surface area contributed by atoms with Crippen molar-refractivity contribution >= 4 is 23.2 Å². The highest BCUT2D eigenvalue weighted by Crippen LogP contribution is 2.26. The Morgan fingerprint density at radius 3 is 2.66 bits per heavy atom. The van der Waals surface area contributed by atoms with Crippen molar-refractivity contribution in [1.29, 1.82) is 0 Å². The maximum atomic E-state index is 12.8. The number of unbranched alkanes of at least 4 members (excludes halogenated alkanes) is 1. The number of hydrogen-bond acceptors (Lipinski definition) is 5. The van der Waals surface area contributed by atoms with Gasteiger partial charge in [-0.15, -0.1) is 0 Å². The third-order valence-electron chi connectivity index (χ3n) is 4.95. The zero-order chi connectivity index (χ0) is 20.6. The zero-order valence-electron chi connectivity index (χ0n) is 17.1. The molecule has 2 aromatic rings. The molecule has 1 aliphatic rings. The van der Waals surface area contributed by atoms with Gasteiger partial charge in [0.15, 0.2) is 0 Å². The second-order valence-electron chi connectivity index (χ2n) is 7.11. The molecule has 154 valence electrons. The van der Waals surface area contributed by atoms with Crippen LogP contribution in [0.25, 0.3) is 0 Å². The Labute approximate surface area is 171 Å². The number of carbonyl (C=O) groups excluding carboxylic acids is 2. The van der Waals surface area contributed by atoms with Gasteiger partial charge in [-0.25, -0.2) is 0 Å². The normalized spacial score (nSPS) is 13.8. The molecule has 2 heterocycles. The molecule has 1 aromatic heterocycles. The predicted molar refractivity (Wildman–Crippen MR) is 114 cm³/mol. The van der Waals surface area contributed by atoms with Crippen LogP contribution >= 0.6 is 0 Å². The molecule has 1 aliphatic heterocycles. The minimum Gasteiger partial charge on any atom is -0.378 e. The lowest BCUT2D eigenvalue weighted by Gasteiger charge is -2.30. The number of hydrogen-bond donors (Lipinski definition) is 1. The standard InChI is InChI=1S/C22H28N4O3/c1-3-4-9-25(2)22(28)18-14-17(15-23-16-18)21(27)24-19-7-5-6-8-20(19)26-10-12-29-13-11-26/h5-8,14-16H,3-4,9-13H2,1-2H3,(H,24,27). The number of nitrogens with one attached hydrogen (secondary N) is 1. The van der Waals surface area contributed by atoms with E-state index < -0.39 is 0 Å². The Hall–Kier alpha value is -2.93. The van der Waals surface area contributed by atoms with Gasteiger partial charge in [-0.2, -0.15) is 0 Å². The topological polar surface area (TPSA) is 74.8 Å². The van der Waals surface area contributed by atoms with Gasteiger partial charge in [-0.05, 0) is 24.6 Å². The SMILES string of the molecule is CCCCN(C)C(=O)c1cncc(C(=O)Nc2ccccc2N2CCOCC2)c1. The molecule has 1 aromatic carbocycles. The smallest absolute Gasteiger partial charge is 0.257 e. The number of pyridine rings is 1.